The van der Waals surface area contributed by atoms with Crippen LogP contribution in [-0.4, -0.2) is 20.9 Å². The number of fused-ring (bicyclic) bond motifs is 1. The molecular weight excluding hydrogens is 376 g/mol. The lowest BCUT2D eigenvalue weighted by atomic mass is 10.0. The molecule has 0 aliphatic rings. The van der Waals surface area contributed by atoms with Gasteiger partial charge in [0.15, 0.2) is 5.65 Å². The molecule has 0 aliphatic carbocycles. The summed E-state index contributed by atoms with van der Waals surface area (Å²) in [7, 11) is 0. The zero-order valence-electron chi connectivity index (χ0n) is 15.6. The van der Waals surface area contributed by atoms with Crippen molar-refractivity contribution < 1.29 is 8.78 Å². The van der Waals surface area contributed by atoms with E-state index in [1.807, 2.05) is 24.6 Å². The summed E-state index contributed by atoms with van der Waals surface area (Å²) in [6.45, 7) is 1.48. The van der Waals surface area contributed by atoms with Crippen molar-refractivity contribution in [3.8, 4) is 22.3 Å². The van der Waals surface area contributed by atoms with Crippen LogP contribution < -0.4 is 0 Å². The van der Waals surface area contributed by atoms with Gasteiger partial charge in [0.05, 0.1) is 6.20 Å². The van der Waals surface area contributed by atoms with E-state index < -0.39 is 5.92 Å². The number of benzene rings is 2. The van der Waals surface area contributed by atoms with Crippen LogP contribution in [0.1, 0.15) is 18.9 Å². The molecule has 0 saturated heterocycles. The topological polar surface area (TPSA) is 30.2 Å². The number of alkyl halides is 2. The van der Waals surface area contributed by atoms with Crippen LogP contribution in [0.5, 0.6) is 0 Å². The minimum absolute atomic E-state index is 0.0304. The number of nitrogens with zero attached hydrogens (tertiary/aromatic N) is 3. The number of hydrogen-bond donors (Lipinski definition) is 0. The van der Waals surface area contributed by atoms with E-state index in [4.69, 9.17) is 0 Å². The summed E-state index contributed by atoms with van der Waals surface area (Å²) in [5.41, 5.74) is 4.46. The molecule has 0 unspecified atom stereocenters. The smallest absolute Gasteiger partial charge is 0.236 e. The molecule has 4 rings (SSSR count). The molecule has 0 bridgehead atoms. The third kappa shape index (κ3) is 3.40. The van der Waals surface area contributed by atoms with Crippen molar-refractivity contribution in [2.75, 3.05) is 6.26 Å². The maximum absolute atomic E-state index is 13.8. The maximum atomic E-state index is 13.8. The monoisotopic (exact) mass is 395 g/mol. The van der Waals surface area contributed by atoms with Crippen LogP contribution in [-0.2, 0) is 5.92 Å². The van der Waals surface area contributed by atoms with Gasteiger partial charge in [0, 0.05) is 40.4 Å². The summed E-state index contributed by atoms with van der Waals surface area (Å²) in [4.78, 5) is 5.76. The number of aromatic nitrogens is 3. The van der Waals surface area contributed by atoms with E-state index in [9.17, 15) is 8.78 Å². The Balaban J connectivity index is 1.70. The molecule has 0 radical (unpaired) electrons. The Bertz CT molecular complexity index is 1120. The normalized spacial score (nSPS) is 11.9. The van der Waals surface area contributed by atoms with Crippen LogP contribution in [0.4, 0.5) is 8.78 Å². The van der Waals surface area contributed by atoms with E-state index in [0.717, 1.165) is 27.9 Å². The summed E-state index contributed by atoms with van der Waals surface area (Å²) in [6.07, 6.45) is 7.26. The van der Waals surface area contributed by atoms with Crippen LogP contribution >= 0.6 is 11.8 Å². The van der Waals surface area contributed by atoms with Crippen molar-refractivity contribution in [2.45, 2.75) is 24.2 Å². The van der Waals surface area contributed by atoms with Gasteiger partial charge in [-0.3, -0.25) is 0 Å². The molecule has 142 valence electrons. The number of rotatable bonds is 5. The van der Waals surface area contributed by atoms with Gasteiger partial charge >= 0.3 is 0 Å². The molecule has 0 fully saturated rings. The van der Waals surface area contributed by atoms with Crippen molar-refractivity contribution >= 4 is 17.4 Å². The Morgan fingerprint density at radius 2 is 1.79 bits per heavy atom. The van der Waals surface area contributed by atoms with Crippen molar-refractivity contribution in [1.29, 1.82) is 0 Å². The second-order valence-electron chi connectivity index (χ2n) is 6.54. The van der Waals surface area contributed by atoms with E-state index in [1.54, 1.807) is 40.8 Å². The SMILES string of the molecule is CCC(F)(F)c1ccc(-c2cnc3c(-c4cccc(SC)c4)cnn3c2)cc1. The molecule has 0 atom stereocenters. The predicted molar refractivity (Wildman–Crippen MR) is 110 cm³/mol. The average Bonchev–Trinajstić information content (AvgIpc) is 3.17. The van der Waals surface area contributed by atoms with Gasteiger partial charge in [0.25, 0.3) is 5.92 Å². The summed E-state index contributed by atoms with van der Waals surface area (Å²) >= 11 is 1.69. The lowest BCUT2D eigenvalue weighted by Gasteiger charge is -2.14. The first kappa shape index (κ1) is 18.6. The predicted octanol–water partition coefficient (Wildman–Crippen LogP) is 6.29. The molecule has 0 N–H and O–H groups in total. The molecule has 6 heteroatoms. The van der Waals surface area contributed by atoms with Gasteiger partial charge in [-0.25, -0.2) is 18.3 Å². The minimum atomic E-state index is -2.80. The third-order valence-corrected chi connectivity index (χ3v) is 5.55. The fraction of sp³-hybridized carbons (Fsp3) is 0.182. The molecule has 4 aromatic rings. The Labute approximate surface area is 166 Å². The highest BCUT2D eigenvalue weighted by molar-refractivity contribution is 7.98. The van der Waals surface area contributed by atoms with Crippen molar-refractivity contribution in [1.82, 2.24) is 14.6 Å². The first-order chi connectivity index (χ1) is 13.5. The number of thioether (sulfide) groups is 1. The van der Waals surface area contributed by atoms with Gasteiger partial charge in [0.2, 0.25) is 0 Å². The summed E-state index contributed by atoms with van der Waals surface area (Å²) in [6, 6.07) is 14.6. The molecule has 0 aliphatic heterocycles. The van der Waals surface area contributed by atoms with Gasteiger partial charge in [-0.15, -0.1) is 11.8 Å². The second kappa shape index (κ2) is 7.36. The minimum Gasteiger partial charge on any atom is -0.236 e. The zero-order valence-corrected chi connectivity index (χ0v) is 16.4. The molecule has 2 aromatic carbocycles. The molecule has 0 spiro atoms. The summed E-state index contributed by atoms with van der Waals surface area (Å²) in [5, 5.41) is 4.43. The molecule has 2 aromatic heterocycles. The number of halogens is 2. The summed E-state index contributed by atoms with van der Waals surface area (Å²) in [5.74, 6) is -2.80. The highest BCUT2D eigenvalue weighted by atomic mass is 32.2. The highest BCUT2D eigenvalue weighted by Crippen LogP contribution is 2.33. The van der Waals surface area contributed by atoms with Crippen LogP contribution in [0.15, 0.2) is 72.0 Å². The molecule has 0 amide bonds. The maximum Gasteiger partial charge on any atom is 0.273 e. The van der Waals surface area contributed by atoms with Crippen LogP contribution in [0.3, 0.4) is 0 Å². The fourth-order valence-electron chi connectivity index (χ4n) is 3.13. The van der Waals surface area contributed by atoms with Gasteiger partial charge in [-0.2, -0.15) is 5.10 Å². The summed E-state index contributed by atoms with van der Waals surface area (Å²) < 4.78 is 29.4. The Morgan fingerprint density at radius 1 is 1.00 bits per heavy atom. The van der Waals surface area contributed by atoms with Crippen LogP contribution in [0, 0.1) is 0 Å². The van der Waals surface area contributed by atoms with E-state index in [2.05, 4.69) is 22.2 Å². The van der Waals surface area contributed by atoms with E-state index in [0.29, 0.717) is 0 Å². The highest BCUT2D eigenvalue weighted by Gasteiger charge is 2.28. The van der Waals surface area contributed by atoms with Gasteiger partial charge < -0.3 is 0 Å². The first-order valence-electron chi connectivity index (χ1n) is 8.98. The van der Waals surface area contributed by atoms with Gasteiger partial charge in [-0.1, -0.05) is 43.3 Å². The fourth-order valence-corrected chi connectivity index (χ4v) is 3.59. The molecule has 0 saturated carbocycles. The lowest BCUT2D eigenvalue weighted by molar-refractivity contribution is -0.00827. The molecule has 3 nitrogen and oxygen atoms in total. The zero-order chi connectivity index (χ0) is 19.7. The Hall–Kier alpha value is -2.73. The first-order valence-corrected chi connectivity index (χ1v) is 10.2. The number of hydrogen-bond acceptors (Lipinski definition) is 3. The van der Waals surface area contributed by atoms with E-state index in [-0.39, 0.29) is 12.0 Å². The Morgan fingerprint density at radius 3 is 2.50 bits per heavy atom. The van der Waals surface area contributed by atoms with Crippen molar-refractivity contribution in [2.24, 2.45) is 0 Å². The standard InChI is InChI=1S/C22H19F2N3S/c1-3-22(23,24)18-9-7-15(8-10-18)17-12-25-21-20(13-26-27(21)14-17)16-5-4-6-19(11-16)28-2/h4-14H,3H2,1-2H3. The Kier molecular flexibility index (Phi) is 4.89. The largest absolute Gasteiger partial charge is 0.273 e. The van der Waals surface area contributed by atoms with E-state index in [1.165, 1.54) is 24.0 Å². The molecular formula is C22H19F2N3S. The second-order valence-corrected chi connectivity index (χ2v) is 7.42. The molecule has 2 heterocycles. The third-order valence-electron chi connectivity index (χ3n) is 4.82. The lowest BCUT2D eigenvalue weighted by Crippen LogP contribution is -2.10. The van der Waals surface area contributed by atoms with Crippen molar-refractivity contribution in [3.05, 3.63) is 72.7 Å². The quantitative estimate of drug-likeness (QED) is 0.372. The molecule has 28 heavy (non-hydrogen) atoms. The van der Waals surface area contributed by atoms with Crippen LogP contribution in [0.25, 0.3) is 27.9 Å². The van der Waals surface area contributed by atoms with Gasteiger partial charge in [0.1, 0.15) is 0 Å². The average molecular weight is 395 g/mol. The van der Waals surface area contributed by atoms with E-state index >= 15 is 0 Å². The van der Waals surface area contributed by atoms with Crippen molar-refractivity contribution in [3.63, 3.8) is 0 Å². The van der Waals surface area contributed by atoms with Crippen LogP contribution in [0.2, 0.25) is 0 Å². The van der Waals surface area contributed by atoms with Gasteiger partial charge in [-0.05, 0) is 29.5 Å².